The van der Waals surface area contributed by atoms with Crippen molar-refractivity contribution in [3.8, 4) is 0 Å². The molecule has 1 fully saturated rings. The fraction of sp³-hybridized carbons (Fsp3) is 0.824. The maximum absolute atomic E-state index is 13.4. The first-order chi connectivity index (χ1) is 38.7. The highest BCUT2D eigenvalue weighted by Gasteiger charge is 2.47. The highest BCUT2D eigenvalue weighted by atomic mass is 16.7. The van der Waals surface area contributed by atoms with Crippen LogP contribution in [0.4, 0.5) is 0 Å². The molecule has 1 heterocycles. The summed E-state index contributed by atoms with van der Waals surface area (Å²) >= 11 is 0. The summed E-state index contributed by atoms with van der Waals surface area (Å²) in [5, 5.41) is 57.0. The van der Waals surface area contributed by atoms with E-state index in [9.17, 15) is 35.1 Å². The SMILES string of the molecule is CC/C=C/C=C/C=C/C=C\CCCCCCCC(=O)OC1C(OCC(NC(=O)C(O)CCCCCCCCCCCCCCCCCCCCCCCCCC)C(O)/C=C/CCCCCCCCCCC)OC(CO)C(O)C1O. The Balaban J connectivity index is 2.58. The largest absolute Gasteiger partial charge is 0.454 e. The van der Waals surface area contributed by atoms with Crippen LogP contribution in [0, 0.1) is 0 Å². The monoisotopic (exact) mass is 1110 g/mol. The number of carbonyl (C=O) groups is 2. The number of aliphatic hydroxyl groups is 5. The lowest BCUT2D eigenvalue weighted by Crippen LogP contribution is -2.61. The van der Waals surface area contributed by atoms with Crippen LogP contribution in [0.1, 0.15) is 297 Å². The molecule has 1 aliphatic rings. The number of rotatable bonds is 56. The topological polar surface area (TPSA) is 175 Å². The van der Waals surface area contributed by atoms with Gasteiger partial charge in [0.1, 0.15) is 24.4 Å². The van der Waals surface area contributed by atoms with Gasteiger partial charge in [-0.15, -0.1) is 0 Å². The van der Waals surface area contributed by atoms with Gasteiger partial charge >= 0.3 is 5.97 Å². The lowest BCUT2D eigenvalue weighted by atomic mass is 9.99. The maximum Gasteiger partial charge on any atom is 0.306 e. The number of ether oxygens (including phenoxy) is 3. The first kappa shape index (κ1) is 74.4. The van der Waals surface area contributed by atoms with Gasteiger partial charge in [-0.1, -0.05) is 306 Å². The third kappa shape index (κ3) is 43.7. The van der Waals surface area contributed by atoms with Gasteiger partial charge in [0, 0.05) is 6.42 Å². The van der Waals surface area contributed by atoms with Gasteiger partial charge in [-0.2, -0.15) is 0 Å². The zero-order valence-electron chi connectivity index (χ0n) is 51.0. The molecule has 0 aliphatic carbocycles. The molecule has 0 bridgehead atoms. The Labute approximate surface area is 484 Å². The molecule has 0 radical (unpaired) electrons. The molecular formula is C68H123NO10. The van der Waals surface area contributed by atoms with Gasteiger partial charge in [0.05, 0.1) is 25.4 Å². The quantitative estimate of drug-likeness (QED) is 0.0149. The van der Waals surface area contributed by atoms with Crippen LogP contribution in [-0.2, 0) is 23.8 Å². The average molecular weight is 1110 g/mol. The van der Waals surface area contributed by atoms with Crippen LogP contribution in [0.25, 0.3) is 0 Å². The molecule has 1 rings (SSSR count). The van der Waals surface area contributed by atoms with Crippen molar-refractivity contribution in [1.29, 1.82) is 0 Å². The summed E-state index contributed by atoms with van der Waals surface area (Å²) in [6.07, 6.45) is 59.9. The number of aliphatic hydroxyl groups excluding tert-OH is 5. The van der Waals surface area contributed by atoms with Crippen LogP contribution < -0.4 is 5.32 Å². The summed E-state index contributed by atoms with van der Waals surface area (Å²) in [7, 11) is 0. The summed E-state index contributed by atoms with van der Waals surface area (Å²) in [4.78, 5) is 26.6. The number of nitrogens with one attached hydrogen (secondary N) is 1. The second-order valence-corrected chi connectivity index (χ2v) is 22.9. The zero-order valence-corrected chi connectivity index (χ0v) is 51.0. The minimum atomic E-state index is -1.62. The van der Waals surface area contributed by atoms with E-state index in [1.807, 2.05) is 36.5 Å². The Morgan fingerprint density at radius 2 is 0.911 bits per heavy atom. The van der Waals surface area contributed by atoms with Gasteiger partial charge in [-0.05, 0) is 44.9 Å². The van der Waals surface area contributed by atoms with Crippen molar-refractivity contribution < 1.29 is 49.3 Å². The number of hydrogen-bond donors (Lipinski definition) is 6. The van der Waals surface area contributed by atoms with Crippen molar-refractivity contribution in [1.82, 2.24) is 5.32 Å². The van der Waals surface area contributed by atoms with Gasteiger partial charge < -0.3 is 45.1 Å². The molecule has 1 saturated heterocycles. The second-order valence-electron chi connectivity index (χ2n) is 22.9. The van der Waals surface area contributed by atoms with Crippen molar-refractivity contribution in [2.75, 3.05) is 13.2 Å². The molecule has 8 atom stereocenters. The first-order valence-electron chi connectivity index (χ1n) is 33.1. The number of unbranched alkanes of at least 4 members (excludes halogenated alkanes) is 37. The van der Waals surface area contributed by atoms with Crippen LogP contribution >= 0.6 is 0 Å². The summed E-state index contributed by atoms with van der Waals surface area (Å²) in [5.41, 5.74) is 0. The lowest BCUT2D eigenvalue weighted by Gasteiger charge is -2.41. The summed E-state index contributed by atoms with van der Waals surface area (Å²) in [6.45, 7) is 5.66. The van der Waals surface area contributed by atoms with E-state index in [4.69, 9.17) is 14.2 Å². The van der Waals surface area contributed by atoms with Crippen LogP contribution in [0.5, 0.6) is 0 Å². The van der Waals surface area contributed by atoms with Crippen LogP contribution in [0.15, 0.2) is 60.8 Å². The van der Waals surface area contributed by atoms with E-state index in [1.54, 1.807) is 6.08 Å². The molecule has 0 aromatic carbocycles. The molecule has 11 nitrogen and oxygen atoms in total. The molecular weight excluding hydrogens is 991 g/mol. The maximum atomic E-state index is 13.4. The highest BCUT2D eigenvalue weighted by Crippen LogP contribution is 2.26. The molecule has 1 amide bonds. The lowest BCUT2D eigenvalue weighted by molar-refractivity contribution is -0.305. The van der Waals surface area contributed by atoms with E-state index in [0.717, 1.165) is 77.0 Å². The minimum absolute atomic E-state index is 0.0970. The normalized spacial score (nSPS) is 19.2. The Morgan fingerprint density at radius 1 is 0.506 bits per heavy atom. The molecule has 0 saturated carbocycles. The molecule has 1 aliphatic heterocycles. The Bertz CT molecular complexity index is 1510. The van der Waals surface area contributed by atoms with Gasteiger partial charge in [0.15, 0.2) is 12.4 Å². The summed E-state index contributed by atoms with van der Waals surface area (Å²) in [6, 6.07) is -1.03. The third-order valence-corrected chi connectivity index (χ3v) is 15.5. The summed E-state index contributed by atoms with van der Waals surface area (Å²) < 4.78 is 17.6. The zero-order chi connectivity index (χ0) is 57.5. The number of hydrogen-bond acceptors (Lipinski definition) is 10. The molecule has 0 aromatic heterocycles. The van der Waals surface area contributed by atoms with Crippen molar-refractivity contribution in [3.05, 3.63) is 60.8 Å². The molecule has 79 heavy (non-hydrogen) atoms. The Kier molecular flexibility index (Phi) is 52.6. The minimum Gasteiger partial charge on any atom is -0.454 e. The molecule has 11 heteroatoms. The van der Waals surface area contributed by atoms with E-state index < -0.39 is 67.4 Å². The van der Waals surface area contributed by atoms with Crippen molar-refractivity contribution >= 4 is 11.9 Å². The van der Waals surface area contributed by atoms with Crippen LogP contribution in [0.2, 0.25) is 0 Å². The molecule has 8 unspecified atom stereocenters. The third-order valence-electron chi connectivity index (χ3n) is 15.5. The van der Waals surface area contributed by atoms with Gasteiger partial charge in [-0.3, -0.25) is 9.59 Å². The smallest absolute Gasteiger partial charge is 0.306 e. The van der Waals surface area contributed by atoms with E-state index in [-0.39, 0.29) is 13.0 Å². The second kappa shape index (κ2) is 55.9. The fourth-order valence-corrected chi connectivity index (χ4v) is 10.3. The molecule has 460 valence electrons. The number of carbonyl (C=O) groups excluding carboxylic acids is 2. The van der Waals surface area contributed by atoms with E-state index in [2.05, 4.69) is 44.3 Å². The van der Waals surface area contributed by atoms with Gasteiger partial charge in [0.25, 0.3) is 0 Å². The average Bonchev–Trinajstić information content (AvgIpc) is 3.47. The van der Waals surface area contributed by atoms with Gasteiger partial charge in [0.2, 0.25) is 5.91 Å². The van der Waals surface area contributed by atoms with E-state index >= 15 is 0 Å². The molecule has 0 spiro atoms. The van der Waals surface area contributed by atoms with Crippen LogP contribution in [-0.4, -0.2) is 99.6 Å². The number of allylic oxidation sites excluding steroid dienone is 9. The predicted molar refractivity (Wildman–Crippen MR) is 329 cm³/mol. The van der Waals surface area contributed by atoms with Crippen molar-refractivity contribution in [2.45, 2.75) is 346 Å². The summed E-state index contributed by atoms with van der Waals surface area (Å²) in [5.74, 6) is -1.21. The predicted octanol–water partition coefficient (Wildman–Crippen LogP) is 16.2. The standard InChI is InChI=1S/C68H123NO10/c1-4-7-10-13-16-19-22-24-26-27-28-29-30-31-32-33-34-36-37-40-43-46-49-52-55-61(72)67(76)69-59(60(71)54-51-48-45-42-39-21-18-15-12-9-6-3)58-77-68-66(65(75)64(74)62(57-70)78-68)79-63(73)56-53-50-47-44-41-38-35-25-23-20-17-14-11-8-5-2/h8,11,14,17,20,23,25,35,51,54,59-62,64-66,68,70-72,74-75H,4-7,9-10,12-13,15-16,18-19,21-22,24,26-34,36-50,52-53,55-58H2,1-3H3,(H,69,76)/b11-8+,17-14+,23-20+,35-25-,54-51+. The van der Waals surface area contributed by atoms with E-state index in [1.165, 1.54) is 173 Å². The van der Waals surface area contributed by atoms with Crippen molar-refractivity contribution in [2.24, 2.45) is 0 Å². The molecule has 0 aromatic rings. The van der Waals surface area contributed by atoms with Crippen LogP contribution in [0.3, 0.4) is 0 Å². The van der Waals surface area contributed by atoms with Gasteiger partial charge in [-0.25, -0.2) is 0 Å². The highest BCUT2D eigenvalue weighted by molar-refractivity contribution is 5.80. The van der Waals surface area contributed by atoms with E-state index in [0.29, 0.717) is 19.3 Å². The Morgan fingerprint density at radius 3 is 1.37 bits per heavy atom. The fourth-order valence-electron chi connectivity index (χ4n) is 10.3. The Hall–Kier alpha value is -2.64. The number of amides is 1. The van der Waals surface area contributed by atoms with Crippen molar-refractivity contribution in [3.63, 3.8) is 0 Å². The first-order valence-corrected chi connectivity index (χ1v) is 33.1. The number of esters is 1. The molecule has 6 N–H and O–H groups in total.